The molecule has 2 aromatic rings. The molecule has 0 heterocycles. The van der Waals surface area contributed by atoms with Gasteiger partial charge in [-0.15, -0.1) is 0 Å². The lowest BCUT2D eigenvalue weighted by Crippen LogP contribution is -2.12. The van der Waals surface area contributed by atoms with Crippen molar-refractivity contribution in [3.8, 4) is 11.5 Å². The Morgan fingerprint density at radius 2 is 1.40 bits per heavy atom. The van der Waals surface area contributed by atoms with Crippen LogP contribution in [0.1, 0.15) is 5.56 Å². The van der Waals surface area contributed by atoms with Crippen LogP contribution in [0.4, 0.5) is 0 Å². The zero-order chi connectivity index (χ0) is 14.2. The molecule has 0 aromatic heterocycles. The minimum Gasteiger partial charge on any atom is -0.490 e. The molecule has 0 unspecified atom stereocenters. The second-order valence-corrected chi connectivity index (χ2v) is 4.36. The number of para-hydroxylation sites is 1. The molecule has 0 fully saturated rings. The highest BCUT2D eigenvalue weighted by atomic mass is 16.5. The van der Waals surface area contributed by atoms with E-state index in [1.54, 1.807) is 0 Å². The van der Waals surface area contributed by atoms with Gasteiger partial charge in [-0.3, -0.25) is 5.41 Å². The number of hydrogen-bond acceptors (Lipinski definition) is 3. The first kappa shape index (κ1) is 13.9. The maximum absolute atomic E-state index is 7.23. The summed E-state index contributed by atoms with van der Waals surface area (Å²) in [4.78, 5) is 0. The third kappa shape index (κ3) is 4.65. The van der Waals surface area contributed by atoms with Gasteiger partial charge in [0.05, 0.1) is 5.84 Å². The molecule has 104 valence electrons. The number of benzene rings is 2. The maximum atomic E-state index is 7.23. The van der Waals surface area contributed by atoms with Crippen LogP contribution in [0.15, 0.2) is 54.6 Å². The molecule has 0 aliphatic carbocycles. The van der Waals surface area contributed by atoms with E-state index in [1.165, 1.54) is 0 Å². The number of rotatable bonds is 7. The largest absolute Gasteiger partial charge is 0.490 e. The van der Waals surface area contributed by atoms with E-state index in [4.69, 9.17) is 20.6 Å². The maximum Gasteiger partial charge on any atom is 0.122 e. The van der Waals surface area contributed by atoms with E-state index in [0.29, 0.717) is 19.6 Å². The van der Waals surface area contributed by atoms with Gasteiger partial charge in [0.25, 0.3) is 0 Å². The van der Waals surface area contributed by atoms with Crippen molar-refractivity contribution in [1.82, 2.24) is 0 Å². The Labute approximate surface area is 118 Å². The smallest absolute Gasteiger partial charge is 0.122 e. The zero-order valence-corrected chi connectivity index (χ0v) is 11.2. The summed E-state index contributed by atoms with van der Waals surface area (Å²) in [6, 6.07) is 17.2. The van der Waals surface area contributed by atoms with Crippen LogP contribution in [-0.4, -0.2) is 19.0 Å². The molecule has 4 heteroatoms. The van der Waals surface area contributed by atoms with Crippen molar-refractivity contribution in [3.63, 3.8) is 0 Å². The Bertz CT molecular complexity index is 538. The summed E-state index contributed by atoms with van der Waals surface area (Å²) in [6.07, 6.45) is 0.470. The van der Waals surface area contributed by atoms with Crippen LogP contribution < -0.4 is 15.2 Å². The van der Waals surface area contributed by atoms with Crippen molar-refractivity contribution in [2.45, 2.75) is 6.42 Å². The van der Waals surface area contributed by atoms with Gasteiger partial charge in [-0.2, -0.15) is 0 Å². The molecule has 0 spiro atoms. The topological polar surface area (TPSA) is 68.3 Å². The van der Waals surface area contributed by atoms with E-state index in [2.05, 4.69) is 0 Å². The summed E-state index contributed by atoms with van der Waals surface area (Å²) in [5.74, 6) is 1.79. The van der Waals surface area contributed by atoms with Gasteiger partial charge < -0.3 is 15.2 Å². The molecule has 4 nitrogen and oxygen atoms in total. The van der Waals surface area contributed by atoms with Crippen LogP contribution in [0.3, 0.4) is 0 Å². The molecule has 0 radical (unpaired) electrons. The fourth-order valence-electron chi connectivity index (χ4n) is 1.76. The third-order valence-electron chi connectivity index (χ3n) is 2.68. The predicted octanol–water partition coefficient (Wildman–Crippen LogP) is 2.62. The Morgan fingerprint density at radius 3 is 1.95 bits per heavy atom. The second-order valence-electron chi connectivity index (χ2n) is 4.36. The van der Waals surface area contributed by atoms with E-state index in [1.807, 2.05) is 54.6 Å². The summed E-state index contributed by atoms with van der Waals surface area (Å²) in [5.41, 5.74) is 6.36. The Morgan fingerprint density at radius 1 is 0.850 bits per heavy atom. The first-order valence-corrected chi connectivity index (χ1v) is 6.46. The fraction of sp³-hybridized carbons (Fsp3) is 0.188. The van der Waals surface area contributed by atoms with Gasteiger partial charge >= 0.3 is 0 Å². The van der Waals surface area contributed by atoms with Crippen LogP contribution in [0.2, 0.25) is 0 Å². The molecule has 0 amide bonds. The summed E-state index contributed by atoms with van der Waals surface area (Å²) in [6.45, 7) is 0.986. The van der Waals surface area contributed by atoms with Crippen LogP contribution in [-0.2, 0) is 6.42 Å². The average Bonchev–Trinajstić information content (AvgIpc) is 2.46. The summed E-state index contributed by atoms with van der Waals surface area (Å²) >= 11 is 0. The Hall–Kier alpha value is -2.49. The van der Waals surface area contributed by atoms with E-state index in [-0.39, 0.29) is 5.84 Å². The third-order valence-corrected chi connectivity index (χ3v) is 2.68. The van der Waals surface area contributed by atoms with Crippen molar-refractivity contribution < 1.29 is 9.47 Å². The quantitative estimate of drug-likeness (QED) is 0.461. The van der Waals surface area contributed by atoms with Crippen LogP contribution in [0.5, 0.6) is 11.5 Å². The molecule has 0 aliphatic heterocycles. The van der Waals surface area contributed by atoms with Crippen LogP contribution >= 0.6 is 0 Å². The normalized spacial score (nSPS) is 10.0. The second kappa shape index (κ2) is 7.19. The first-order chi connectivity index (χ1) is 9.74. The SMILES string of the molecule is N=C(N)Cc1ccc(OCCOc2ccccc2)cc1. The molecule has 0 atom stereocenters. The predicted molar refractivity (Wildman–Crippen MR) is 79.5 cm³/mol. The Kier molecular flexibility index (Phi) is 5.00. The van der Waals surface area contributed by atoms with Crippen molar-refractivity contribution in [3.05, 3.63) is 60.2 Å². The highest BCUT2D eigenvalue weighted by molar-refractivity contribution is 5.79. The fourth-order valence-corrected chi connectivity index (χ4v) is 1.76. The molecule has 0 saturated carbocycles. The molecular formula is C16H18N2O2. The van der Waals surface area contributed by atoms with Crippen molar-refractivity contribution in [2.24, 2.45) is 5.73 Å². The van der Waals surface area contributed by atoms with Gasteiger partial charge in [0.2, 0.25) is 0 Å². The number of hydrogen-bond donors (Lipinski definition) is 2. The monoisotopic (exact) mass is 270 g/mol. The van der Waals surface area contributed by atoms with Gasteiger partial charge in [0, 0.05) is 6.42 Å². The van der Waals surface area contributed by atoms with Gasteiger partial charge in [-0.1, -0.05) is 30.3 Å². The van der Waals surface area contributed by atoms with E-state index in [0.717, 1.165) is 17.1 Å². The number of amidine groups is 1. The van der Waals surface area contributed by atoms with E-state index >= 15 is 0 Å². The van der Waals surface area contributed by atoms with Gasteiger partial charge in [-0.25, -0.2) is 0 Å². The van der Waals surface area contributed by atoms with Gasteiger partial charge in [0.15, 0.2) is 0 Å². The van der Waals surface area contributed by atoms with Crippen molar-refractivity contribution >= 4 is 5.84 Å². The van der Waals surface area contributed by atoms with Crippen molar-refractivity contribution in [1.29, 1.82) is 5.41 Å². The standard InChI is InChI=1S/C16H18N2O2/c17-16(18)12-13-6-8-15(9-7-13)20-11-10-19-14-4-2-1-3-5-14/h1-9H,10-12H2,(H3,17,18). The summed E-state index contributed by atoms with van der Waals surface area (Å²) in [7, 11) is 0. The van der Waals surface area contributed by atoms with Crippen LogP contribution in [0.25, 0.3) is 0 Å². The van der Waals surface area contributed by atoms with Gasteiger partial charge in [0.1, 0.15) is 24.7 Å². The molecule has 2 rings (SSSR count). The molecular weight excluding hydrogens is 252 g/mol. The summed E-state index contributed by atoms with van der Waals surface area (Å²) < 4.78 is 11.1. The average molecular weight is 270 g/mol. The number of ether oxygens (including phenoxy) is 2. The molecule has 0 aliphatic rings. The highest BCUT2D eigenvalue weighted by Gasteiger charge is 1.98. The molecule has 0 bridgehead atoms. The zero-order valence-electron chi connectivity index (χ0n) is 11.2. The number of nitrogens with one attached hydrogen (secondary N) is 1. The van der Waals surface area contributed by atoms with E-state index < -0.39 is 0 Å². The lowest BCUT2D eigenvalue weighted by atomic mass is 10.1. The lowest BCUT2D eigenvalue weighted by molar-refractivity contribution is 0.217. The first-order valence-electron chi connectivity index (χ1n) is 6.46. The lowest BCUT2D eigenvalue weighted by Gasteiger charge is -2.08. The molecule has 3 N–H and O–H groups in total. The minimum atomic E-state index is 0.162. The number of nitrogens with two attached hydrogens (primary N) is 1. The highest BCUT2D eigenvalue weighted by Crippen LogP contribution is 2.13. The van der Waals surface area contributed by atoms with Crippen molar-refractivity contribution in [2.75, 3.05) is 13.2 Å². The van der Waals surface area contributed by atoms with Crippen LogP contribution in [0, 0.1) is 5.41 Å². The van der Waals surface area contributed by atoms with Gasteiger partial charge in [-0.05, 0) is 29.8 Å². The molecule has 0 saturated heterocycles. The molecule has 2 aromatic carbocycles. The Balaban J connectivity index is 1.73. The minimum absolute atomic E-state index is 0.162. The summed E-state index contributed by atoms with van der Waals surface area (Å²) in [5, 5.41) is 7.23. The van der Waals surface area contributed by atoms with E-state index in [9.17, 15) is 0 Å². The molecule has 20 heavy (non-hydrogen) atoms.